The first kappa shape index (κ1) is 20.6. The molecule has 0 aliphatic carbocycles. The zero-order valence-electron chi connectivity index (χ0n) is 16.4. The van der Waals surface area contributed by atoms with E-state index in [0.29, 0.717) is 45.7 Å². The summed E-state index contributed by atoms with van der Waals surface area (Å²) in [6, 6.07) is 8.28. The number of nitrogens with zero attached hydrogens (tertiary/aromatic N) is 4. The molecule has 154 valence electrons. The van der Waals surface area contributed by atoms with Crippen molar-refractivity contribution >= 4 is 17.5 Å². The van der Waals surface area contributed by atoms with Crippen LogP contribution in [-0.2, 0) is 9.59 Å². The molecular formula is C21H26FN5O2. The first-order valence-electron chi connectivity index (χ1n) is 9.99. The summed E-state index contributed by atoms with van der Waals surface area (Å²) in [6.07, 6.45) is 3.80. The van der Waals surface area contributed by atoms with Crippen molar-refractivity contribution in [3.8, 4) is 6.07 Å². The van der Waals surface area contributed by atoms with Crippen LogP contribution in [0.4, 0.5) is 10.1 Å². The Labute approximate surface area is 170 Å². The number of amides is 2. The van der Waals surface area contributed by atoms with E-state index < -0.39 is 0 Å². The minimum atomic E-state index is -0.284. The summed E-state index contributed by atoms with van der Waals surface area (Å²) in [5, 5.41) is 12.4. The molecule has 2 amide bonds. The van der Waals surface area contributed by atoms with Crippen molar-refractivity contribution in [2.24, 2.45) is 0 Å². The lowest BCUT2D eigenvalue weighted by molar-refractivity contribution is -0.128. The Bertz CT molecular complexity index is 794. The zero-order chi connectivity index (χ0) is 20.6. The van der Waals surface area contributed by atoms with Gasteiger partial charge in [-0.05, 0) is 37.1 Å². The summed E-state index contributed by atoms with van der Waals surface area (Å²) in [5.41, 5.74) is 1.00. The molecule has 2 saturated heterocycles. The van der Waals surface area contributed by atoms with Crippen LogP contribution in [0.1, 0.15) is 19.3 Å². The van der Waals surface area contributed by atoms with E-state index in [9.17, 15) is 19.2 Å². The number of hydrogen-bond acceptors (Lipinski definition) is 5. The standard InChI is InChI=1S/C21H26FN5O2/c22-18-4-6-19(7-5-18)25-11-13-27(14-12-25)21(29)17(15-23)16-24-8-2-10-26-9-1-3-20(26)28/h4-7,16,24H,1-3,8-14H2/b17-16-. The van der Waals surface area contributed by atoms with Crippen LogP contribution in [-0.4, -0.2) is 67.4 Å². The normalized spacial score (nSPS) is 17.4. The van der Waals surface area contributed by atoms with Gasteiger partial charge in [-0.2, -0.15) is 5.26 Å². The van der Waals surface area contributed by atoms with Gasteiger partial charge in [0.2, 0.25) is 5.91 Å². The molecule has 2 fully saturated rings. The largest absolute Gasteiger partial charge is 0.390 e. The predicted molar refractivity (Wildman–Crippen MR) is 107 cm³/mol. The molecule has 1 aromatic rings. The van der Waals surface area contributed by atoms with Gasteiger partial charge in [0.15, 0.2) is 0 Å². The van der Waals surface area contributed by atoms with Crippen LogP contribution >= 0.6 is 0 Å². The van der Waals surface area contributed by atoms with Gasteiger partial charge < -0.3 is 20.0 Å². The Balaban J connectivity index is 1.43. The first-order chi connectivity index (χ1) is 14.1. The van der Waals surface area contributed by atoms with Gasteiger partial charge in [0.1, 0.15) is 17.5 Å². The molecule has 0 spiro atoms. The van der Waals surface area contributed by atoms with Gasteiger partial charge >= 0.3 is 0 Å². The molecule has 8 heteroatoms. The van der Waals surface area contributed by atoms with E-state index in [1.807, 2.05) is 11.0 Å². The summed E-state index contributed by atoms with van der Waals surface area (Å²) in [4.78, 5) is 29.8. The lowest BCUT2D eigenvalue weighted by Crippen LogP contribution is -2.49. The third kappa shape index (κ3) is 5.47. The number of nitriles is 1. The fourth-order valence-electron chi connectivity index (χ4n) is 3.62. The highest BCUT2D eigenvalue weighted by atomic mass is 19.1. The minimum absolute atomic E-state index is 0.0810. The molecule has 2 heterocycles. The second-order valence-corrected chi connectivity index (χ2v) is 7.22. The van der Waals surface area contributed by atoms with Crippen LogP contribution < -0.4 is 10.2 Å². The summed E-state index contributed by atoms with van der Waals surface area (Å²) in [6.45, 7) is 4.39. The summed E-state index contributed by atoms with van der Waals surface area (Å²) in [7, 11) is 0. The van der Waals surface area contributed by atoms with Crippen LogP contribution in [0.25, 0.3) is 0 Å². The van der Waals surface area contributed by atoms with E-state index in [0.717, 1.165) is 25.1 Å². The Morgan fingerprint density at radius 2 is 1.90 bits per heavy atom. The third-order valence-electron chi connectivity index (χ3n) is 5.28. The van der Waals surface area contributed by atoms with Gasteiger partial charge in [-0.25, -0.2) is 4.39 Å². The maximum atomic E-state index is 13.1. The molecule has 0 atom stereocenters. The third-order valence-corrected chi connectivity index (χ3v) is 5.28. The maximum absolute atomic E-state index is 13.1. The van der Waals surface area contributed by atoms with Crippen LogP contribution in [0.3, 0.4) is 0 Å². The Morgan fingerprint density at radius 3 is 2.52 bits per heavy atom. The molecule has 1 N–H and O–H groups in total. The SMILES string of the molecule is N#C/C(=C/NCCCN1CCCC1=O)C(=O)N1CCN(c2ccc(F)cc2)CC1. The number of hydrogen-bond donors (Lipinski definition) is 1. The van der Waals surface area contributed by atoms with Crippen molar-refractivity contribution < 1.29 is 14.0 Å². The summed E-state index contributed by atoms with van der Waals surface area (Å²) in [5.74, 6) is -0.354. The molecule has 0 unspecified atom stereocenters. The predicted octanol–water partition coefficient (Wildman–Crippen LogP) is 1.48. The van der Waals surface area contributed by atoms with Gasteiger partial charge in [0.05, 0.1) is 0 Å². The second-order valence-electron chi connectivity index (χ2n) is 7.22. The molecule has 0 saturated carbocycles. The molecule has 1 aromatic carbocycles. The highest BCUT2D eigenvalue weighted by molar-refractivity contribution is 5.97. The highest BCUT2D eigenvalue weighted by Gasteiger charge is 2.24. The Kier molecular flexibility index (Phi) is 7.06. The second kappa shape index (κ2) is 9.92. The van der Waals surface area contributed by atoms with Crippen LogP contribution in [0.2, 0.25) is 0 Å². The number of benzene rings is 1. The van der Waals surface area contributed by atoms with Crippen molar-refractivity contribution in [1.82, 2.24) is 15.1 Å². The topological polar surface area (TPSA) is 79.7 Å². The van der Waals surface area contributed by atoms with Gasteiger partial charge in [0.25, 0.3) is 5.91 Å². The lowest BCUT2D eigenvalue weighted by atomic mass is 10.2. The number of halogens is 1. The van der Waals surface area contributed by atoms with E-state index >= 15 is 0 Å². The molecule has 3 rings (SSSR count). The monoisotopic (exact) mass is 399 g/mol. The maximum Gasteiger partial charge on any atom is 0.266 e. The van der Waals surface area contributed by atoms with E-state index in [4.69, 9.17) is 0 Å². The fraction of sp³-hybridized carbons (Fsp3) is 0.476. The highest BCUT2D eigenvalue weighted by Crippen LogP contribution is 2.17. The number of rotatable bonds is 7. The van der Waals surface area contributed by atoms with Crippen LogP contribution in [0, 0.1) is 17.1 Å². The molecule has 0 radical (unpaired) electrons. The number of carbonyl (C=O) groups is 2. The quantitative estimate of drug-likeness (QED) is 0.427. The number of nitrogens with one attached hydrogen (secondary N) is 1. The Morgan fingerprint density at radius 1 is 1.17 bits per heavy atom. The molecular weight excluding hydrogens is 373 g/mol. The summed E-state index contributed by atoms with van der Waals surface area (Å²) < 4.78 is 13.1. The molecule has 2 aliphatic rings. The van der Waals surface area contributed by atoms with E-state index in [2.05, 4.69) is 10.2 Å². The number of likely N-dealkylation sites (tertiary alicyclic amines) is 1. The van der Waals surface area contributed by atoms with E-state index in [1.54, 1.807) is 17.0 Å². The Hall–Kier alpha value is -3.08. The summed E-state index contributed by atoms with van der Waals surface area (Å²) >= 11 is 0. The van der Waals surface area contributed by atoms with Crippen molar-refractivity contribution in [2.75, 3.05) is 50.7 Å². The number of piperazine rings is 1. The van der Waals surface area contributed by atoms with Gasteiger partial charge in [-0.1, -0.05) is 0 Å². The van der Waals surface area contributed by atoms with Crippen molar-refractivity contribution in [2.45, 2.75) is 19.3 Å². The number of carbonyl (C=O) groups excluding carboxylic acids is 2. The van der Waals surface area contributed by atoms with E-state index in [1.165, 1.54) is 18.3 Å². The lowest BCUT2D eigenvalue weighted by Gasteiger charge is -2.36. The average Bonchev–Trinajstić information content (AvgIpc) is 3.15. The van der Waals surface area contributed by atoms with Gasteiger partial charge in [-0.3, -0.25) is 9.59 Å². The van der Waals surface area contributed by atoms with Crippen molar-refractivity contribution in [1.29, 1.82) is 5.26 Å². The number of anilines is 1. The minimum Gasteiger partial charge on any atom is -0.390 e. The van der Waals surface area contributed by atoms with E-state index in [-0.39, 0.29) is 23.2 Å². The van der Waals surface area contributed by atoms with Crippen LogP contribution in [0.5, 0.6) is 0 Å². The van der Waals surface area contributed by atoms with Gasteiger partial charge in [-0.15, -0.1) is 0 Å². The first-order valence-corrected chi connectivity index (χ1v) is 9.99. The molecule has 2 aliphatic heterocycles. The molecule has 0 aromatic heterocycles. The smallest absolute Gasteiger partial charge is 0.266 e. The fourth-order valence-corrected chi connectivity index (χ4v) is 3.62. The average molecular weight is 399 g/mol. The molecule has 29 heavy (non-hydrogen) atoms. The molecule has 0 bridgehead atoms. The van der Waals surface area contributed by atoms with Crippen molar-refractivity contribution in [3.05, 3.63) is 41.9 Å². The molecule has 7 nitrogen and oxygen atoms in total. The van der Waals surface area contributed by atoms with Crippen LogP contribution in [0.15, 0.2) is 36.0 Å². The zero-order valence-corrected chi connectivity index (χ0v) is 16.4. The van der Waals surface area contributed by atoms with Crippen molar-refractivity contribution in [3.63, 3.8) is 0 Å². The van der Waals surface area contributed by atoms with Gasteiger partial charge in [0, 0.05) is 64.1 Å².